The first-order valence-electron chi connectivity index (χ1n) is 9.29. The average molecular weight is 376 g/mol. The molecule has 0 saturated carbocycles. The van der Waals surface area contributed by atoms with Gasteiger partial charge in [0.05, 0.1) is 6.10 Å². The second-order valence-corrected chi connectivity index (χ2v) is 7.35. The number of aliphatic hydroxyl groups excluding tert-OH is 1. The highest BCUT2D eigenvalue weighted by Crippen LogP contribution is 2.22. The number of benzene rings is 1. The molecular weight excluding hydrogens is 350 g/mol. The van der Waals surface area contributed by atoms with E-state index in [0.717, 1.165) is 49.6 Å². The number of halogens is 2. The maximum Gasteiger partial charge on any atom is 0.133 e. The molecule has 1 saturated heterocycles. The third-order valence-corrected chi connectivity index (χ3v) is 4.82. The van der Waals surface area contributed by atoms with E-state index in [4.69, 9.17) is 0 Å². The van der Waals surface area contributed by atoms with Gasteiger partial charge in [-0.2, -0.15) is 0 Å². The van der Waals surface area contributed by atoms with Crippen LogP contribution in [0, 0.1) is 18.6 Å². The van der Waals surface area contributed by atoms with E-state index in [1.165, 1.54) is 12.1 Å². The zero-order chi connectivity index (χ0) is 19.6. The van der Waals surface area contributed by atoms with Gasteiger partial charge < -0.3 is 10.0 Å². The minimum absolute atomic E-state index is 0.131. The van der Waals surface area contributed by atoms with Crippen molar-refractivity contribution >= 4 is 5.82 Å². The molecule has 1 N–H and O–H groups in total. The molecule has 1 aromatic heterocycles. The molecule has 2 heterocycles. The van der Waals surface area contributed by atoms with Gasteiger partial charge in [0.15, 0.2) is 0 Å². The minimum atomic E-state index is -0.981. The van der Waals surface area contributed by atoms with E-state index in [1.54, 1.807) is 0 Å². The first kappa shape index (κ1) is 19.6. The Kier molecular flexibility index (Phi) is 6.01. The summed E-state index contributed by atoms with van der Waals surface area (Å²) >= 11 is 0. The summed E-state index contributed by atoms with van der Waals surface area (Å²) in [6.45, 7) is 9.45. The predicted octanol–water partition coefficient (Wildman–Crippen LogP) is 3.04. The summed E-state index contributed by atoms with van der Waals surface area (Å²) < 4.78 is 26.9. The van der Waals surface area contributed by atoms with Crippen molar-refractivity contribution in [1.29, 1.82) is 0 Å². The van der Waals surface area contributed by atoms with E-state index in [1.807, 2.05) is 13.0 Å². The molecule has 1 aromatic carbocycles. The zero-order valence-corrected chi connectivity index (χ0v) is 16.0. The maximum atomic E-state index is 13.8. The summed E-state index contributed by atoms with van der Waals surface area (Å²) in [7, 11) is 0. The van der Waals surface area contributed by atoms with Gasteiger partial charge in [-0.05, 0) is 13.0 Å². The molecule has 1 atom stereocenters. The zero-order valence-electron chi connectivity index (χ0n) is 16.0. The fraction of sp³-hybridized carbons (Fsp3) is 0.500. The molecule has 1 aliphatic rings. The van der Waals surface area contributed by atoms with Crippen LogP contribution in [0.1, 0.15) is 43.0 Å². The fourth-order valence-electron chi connectivity index (χ4n) is 3.27. The van der Waals surface area contributed by atoms with Crippen molar-refractivity contribution in [3.05, 3.63) is 53.0 Å². The molecule has 1 aliphatic heterocycles. The van der Waals surface area contributed by atoms with Crippen LogP contribution in [-0.4, -0.2) is 52.7 Å². The number of aromatic nitrogens is 2. The Labute approximate surface area is 158 Å². The quantitative estimate of drug-likeness (QED) is 0.869. The van der Waals surface area contributed by atoms with Crippen molar-refractivity contribution in [2.24, 2.45) is 0 Å². The third-order valence-electron chi connectivity index (χ3n) is 4.82. The van der Waals surface area contributed by atoms with Crippen molar-refractivity contribution in [1.82, 2.24) is 14.9 Å². The Morgan fingerprint density at radius 1 is 1.07 bits per heavy atom. The number of piperazine rings is 1. The number of rotatable bonds is 5. The van der Waals surface area contributed by atoms with Crippen molar-refractivity contribution in [3.8, 4) is 0 Å². The Morgan fingerprint density at radius 3 is 2.41 bits per heavy atom. The maximum absolute atomic E-state index is 13.8. The van der Waals surface area contributed by atoms with Crippen molar-refractivity contribution in [2.75, 3.05) is 37.6 Å². The highest BCUT2D eigenvalue weighted by atomic mass is 19.1. The SMILES string of the molecule is Cc1cc(N2CCN(CC(O)c3ccc(F)cc3F)CC2)nc(C(C)C)n1. The smallest absolute Gasteiger partial charge is 0.133 e. The van der Waals surface area contributed by atoms with Crippen LogP contribution < -0.4 is 4.90 Å². The lowest BCUT2D eigenvalue weighted by Crippen LogP contribution is -2.48. The molecule has 0 amide bonds. The van der Waals surface area contributed by atoms with Crippen molar-refractivity contribution in [3.63, 3.8) is 0 Å². The molecule has 1 fully saturated rings. The van der Waals surface area contributed by atoms with Crippen LogP contribution in [0.3, 0.4) is 0 Å². The Balaban J connectivity index is 1.60. The first-order valence-corrected chi connectivity index (χ1v) is 9.29. The number of hydrogen-bond acceptors (Lipinski definition) is 5. The van der Waals surface area contributed by atoms with Gasteiger partial charge in [0.25, 0.3) is 0 Å². The Morgan fingerprint density at radius 2 is 1.78 bits per heavy atom. The molecule has 146 valence electrons. The molecule has 0 bridgehead atoms. The largest absolute Gasteiger partial charge is 0.387 e. The Bertz CT molecular complexity index is 792. The number of nitrogens with zero attached hydrogens (tertiary/aromatic N) is 4. The molecule has 2 aromatic rings. The Hall–Kier alpha value is -2.12. The van der Waals surface area contributed by atoms with E-state index in [-0.39, 0.29) is 11.5 Å². The monoisotopic (exact) mass is 376 g/mol. The van der Waals surface area contributed by atoms with Gasteiger partial charge in [0.2, 0.25) is 0 Å². The normalized spacial score (nSPS) is 16.8. The van der Waals surface area contributed by atoms with Gasteiger partial charge in [0.1, 0.15) is 23.3 Å². The minimum Gasteiger partial charge on any atom is -0.387 e. The summed E-state index contributed by atoms with van der Waals surface area (Å²) in [5, 5.41) is 10.3. The summed E-state index contributed by atoms with van der Waals surface area (Å²) in [6.07, 6.45) is -0.981. The second-order valence-electron chi connectivity index (χ2n) is 7.35. The molecular formula is C20H26F2N4O. The number of hydrogen-bond donors (Lipinski definition) is 1. The van der Waals surface area contributed by atoms with E-state index in [9.17, 15) is 13.9 Å². The van der Waals surface area contributed by atoms with Gasteiger partial charge >= 0.3 is 0 Å². The molecule has 0 radical (unpaired) electrons. The van der Waals surface area contributed by atoms with Gasteiger partial charge in [-0.15, -0.1) is 0 Å². The average Bonchev–Trinajstić information content (AvgIpc) is 2.61. The highest BCUT2D eigenvalue weighted by molar-refractivity contribution is 5.40. The van der Waals surface area contributed by atoms with Gasteiger partial charge in [0, 0.05) is 62.0 Å². The molecule has 3 rings (SSSR count). The molecule has 7 heteroatoms. The fourth-order valence-corrected chi connectivity index (χ4v) is 3.27. The lowest BCUT2D eigenvalue weighted by atomic mass is 10.1. The van der Waals surface area contributed by atoms with E-state index < -0.39 is 17.7 Å². The number of aryl methyl sites for hydroxylation is 1. The summed E-state index contributed by atoms with van der Waals surface area (Å²) in [6, 6.07) is 5.27. The van der Waals surface area contributed by atoms with E-state index in [0.29, 0.717) is 6.54 Å². The summed E-state index contributed by atoms with van der Waals surface area (Å²) in [5.74, 6) is 0.688. The highest BCUT2D eigenvalue weighted by Gasteiger charge is 2.23. The number of anilines is 1. The molecule has 0 aliphatic carbocycles. The van der Waals surface area contributed by atoms with Gasteiger partial charge in [-0.3, -0.25) is 4.90 Å². The van der Waals surface area contributed by atoms with Crippen LogP contribution >= 0.6 is 0 Å². The van der Waals surface area contributed by atoms with E-state index in [2.05, 4.69) is 33.6 Å². The molecule has 0 spiro atoms. The van der Waals surface area contributed by atoms with E-state index >= 15 is 0 Å². The molecule has 1 unspecified atom stereocenters. The summed E-state index contributed by atoms with van der Waals surface area (Å²) in [5.41, 5.74) is 1.08. The lowest BCUT2D eigenvalue weighted by molar-refractivity contribution is 0.106. The predicted molar refractivity (Wildman–Crippen MR) is 101 cm³/mol. The van der Waals surface area contributed by atoms with Crippen LogP contribution in [-0.2, 0) is 0 Å². The lowest BCUT2D eigenvalue weighted by Gasteiger charge is -2.36. The molecule has 5 nitrogen and oxygen atoms in total. The number of aliphatic hydroxyl groups is 1. The molecule has 27 heavy (non-hydrogen) atoms. The number of β-amino-alcohol motifs (C(OH)–C–C–N with tert-alkyl or cyclic N) is 1. The van der Waals surface area contributed by atoms with Gasteiger partial charge in [-0.25, -0.2) is 18.7 Å². The topological polar surface area (TPSA) is 52.5 Å². The standard InChI is InChI=1S/C20H26F2N4O/c1-13(2)20-23-14(3)10-19(24-20)26-8-6-25(7-9-26)12-18(27)16-5-4-15(21)11-17(16)22/h4-5,10-11,13,18,27H,6-9,12H2,1-3H3. The second kappa shape index (κ2) is 8.27. The van der Waals surface area contributed by atoms with Crippen LogP contribution in [0.2, 0.25) is 0 Å². The van der Waals surface area contributed by atoms with Crippen molar-refractivity contribution in [2.45, 2.75) is 32.8 Å². The van der Waals surface area contributed by atoms with Crippen LogP contribution in [0.4, 0.5) is 14.6 Å². The van der Waals surface area contributed by atoms with Crippen molar-refractivity contribution < 1.29 is 13.9 Å². The third kappa shape index (κ3) is 4.78. The van der Waals surface area contributed by atoms with Crippen LogP contribution in [0.15, 0.2) is 24.3 Å². The summed E-state index contributed by atoms with van der Waals surface area (Å²) in [4.78, 5) is 13.5. The van der Waals surface area contributed by atoms with Crippen LogP contribution in [0.5, 0.6) is 0 Å². The van der Waals surface area contributed by atoms with Gasteiger partial charge in [-0.1, -0.05) is 19.9 Å². The first-order chi connectivity index (χ1) is 12.8. The van der Waals surface area contributed by atoms with Crippen LogP contribution in [0.25, 0.3) is 0 Å².